The van der Waals surface area contributed by atoms with Crippen LogP contribution in [0.1, 0.15) is 39.5 Å². The normalized spacial score (nSPS) is 29.1. The number of piperidine rings is 1. The molecule has 160 valence electrons. The molecule has 29 heavy (non-hydrogen) atoms. The van der Waals surface area contributed by atoms with Gasteiger partial charge in [0.05, 0.1) is 15.9 Å². The molecule has 0 N–H and O–H groups in total. The van der Waals surface area contributed by atoms with E-state index in [0.717, 1.165) is 32.3 Å². The number of anilines is 1. The summed E-state index contributed by atoms with van der Waals surface area (Å²) >= 11 is 0. The number of ether oxygens (including phenoxy) is 1. The quantitative estimate of drug-likeness (QED) is 0.534. The van der Waals surface area contributed by atoms with Crippen LogP contribution in [0, 0.1) is 21.4 Å². The Labute approximate surface area is 172 Å². The molecule has 0 aromatic heterocycles. The minimum Gasteiger partial charge on any atom is -0.377 e. The zero-order valence-electron chi connectivity index (χ0n) is 17.2. The molecule has 1 saturated carbocycles. The summed E-state index contributed by atoms with van der Waals surface area (Å²) in [6, 6.07) is 4.44. The van der Waals surface area contributed by atoms with Gasteiger partial charge in [-0.3, -0.25) is 10.1 Å². The number of hydrogen-bond acceptors (Lipinski definition) is 6. The number of nitro benzene ring substituents is 1. The zero-order valence-corrected chi connectivity index (χ0v) is 18.0. The maximum absolute atomic E-state index is 13.0. The van der Waals surface area contributed by atoms with Gasteiger partial charge in [-0.2, -0.15) is 4.31 Å². The van der Waals surface area contributed by atoms with E-state index in [1.807, 2.05) is 11.9 Å². The molecule has 9 heteroatoms. The van der Waals surface area contributed by atoms with E-state index >= 15 is 0 Å². The van der Waals surface area contributed by atoms with E-state index in [9.17, 15) is 18.5 Å². The molecule has 3 atom stereocenters. The second kappa shape index (κ2) is 7.21. The van der Waals surface area contributed by atoms with E-state index in [0.29, 0.717) is 24.7 Å². The lowest BCUT2D eigenvalue weighted by atomic mass is 9.56. The molecule has 3 aliphatic rings. The summed E-state index contributed by atoms with van der Waals surface area (Å²) < 4.78 is 33.2. The molecule has 1 aliphatic carbocycles. The average Bonchev–Trinajstić information content (AvgIpc) is 3.14. The highest BCUT2D eigenvalue weighted by atomic mass is 32.2. The van der Waals surface area contributed by atoms with E-state index in [-0.39, 0.29) is 28.1 Å². The summed E-state index contributed by atoms with van der Waals surface area (Å²) in [4.78, 5) is 13.3. The van der Waals surface area contributed by atoms with Crippen molar-refractivity contribution in [3.63, 3.8) is 0 Å². The topological polar surface area (TPSA) is 93.0 Å². The fourth-order valence-corrected chi connectivity index (χ4v) is 7.13. The molecule has 1 aromatic carbocycles. The van der Waals surface area contributed by atoms with Crippen molar-refractivity contribution < 1.29 is 18.1 Å². The van der Waals surface area contributed by atoms with Gasteiger partial charge in [-0.25, -0.2) is 8.42 Å². The van der Waals surface area contributed by atoms with Gasteiger partial charge in [-0.15, -0.1) is 0 Å². The Balaban J connectivity index is 1.67. The van der Waals surface area contributed by atoms with Crippen LogP contribution in [0.2, 0.25) is 0 Å². The van der Waals surface area contributed by atoms with Crippen LogP contribution in [0.5, 0.6) is 0 Å². The van der Waals surface area contributed by atoms with Crippen LogP contribution in [0.3, 0.4) is 0 Å². The molecule has 3 fully saturated rings. The second-order valence-electron chi connectivity index (χ2n) is 8.99. The van der Waals surface area contributed by atoms with Crippen molar-refractivity contribution in [1.82, 2.24) is 4.31 Å². The van der Waals surface area contributed by atoms with Crippen molar-refractivity contribution in [2.75, 3.05) is 31.6 Å². The van der Waals surface area contributed by atoms with Crippen molar-refractivity contribution >= 4 is 21.4 Å². The van der Waals surface area contributed by atoms with Gasteiger partial charge in [0, 0.05) is 50.2 Å². The van der Waals surface area contributed by atoms with Crippen LogP contribution in [0.15, 0.2) is 23.1 Å². The van der Waals surface area contributed by atoms with Gasteiger partial charge >= 0.3 is 0 Å². The van der Waals surface area contributed by atoms with Gasteiger partial charge in [0.25, 0.3) is 5.69 Å². The Morgan fingerprint density at radius 3 is 2.59 bits per heavy atom. The summed E-state index contributed by atoms with van der Waals surface area (Å²) in [5, 5.41) is 11.8. The highest BCUT2D eigenvalue weighted by Gasteiger charge is 2.61. The summed E-state index contributed by atoms with van der Waals surface area (Å²) in [5.41, 5.74) is 0.169. The zero-order chi connectivity index (χ0) is 21.0. The highest BCUT2D eigenvalue weighted by molar-refractivity contribution is 7.89. The fourth-order valence-electron chi connectivity index (χ4n) is 5.60. The summed E-state index contributed by atoms with van der Waals surface area (Å²) in [7, 11) is -1.86. The molecule has 1 aromatic rings. The third kappa shape index (κ3) is 3.23. The van der Waals surface area contributed by atoms with Crippen LogP contribution < -0.4 is 4.90 Å². The molecule has 0 spiro atoms. The van der Waals surface area contributed by atoms with Crippen molar-refractivity contribution in [2.24, 2.45) is 11.3 Å². The molecule has 4 rings (SSSR count). The van der Waals surface area contributed by atoms with Crippen molar-refractivity contribution in [1.29, 1.82) is 0 Å². The van der Waals surface area contributed by atoms with Gasteiger partial charge in [0.2, 0.25) is 10.0 Å². The number of hydrogen-bond donors (Lipinski definition) is 0. The molecule has 2 saturated heterocycles. The predicted octanol–water partition coefficient (Wildman–Crippen LogP) is 3.02. The number of nitrogens with zero attached hydrogens (tertiary/aromatic N) is 3. The van der Waals surface area contributed by atoms with Gasteiger partial charge in [-0.1, -0.05) is 20.3 Å². The number of fused-ring (bicyclic) bond motifs is 1. The molecule has 2 heterocycles. The lowest BCUT2D eigenvalue weighted by Crippen LogP contribution is -2.66. The summed E-state index contributed by atoms with van der Waals surface area (Å²) in [6.45, 7) is 5.91. The van der Waals surface area contributed by atoms with Crippen LogP contribution in [0.4, 0.5) is 11.4 Å². The monoisotopic (exact) mass is 423 g/mol. The lowest BCUT2D eigenvalue weighted by Gasteiger charge is -2.58. The fraction of sp³-hybridized carbons (Fsp3) is 0.700. The van der Waals surface area contributed by atoms with Crippen molar-refractivity contribution in [2.45, 2.75) is 56.6 Å². The van der Waals surface area contributed by atoms with E-state index in [1.165, 1.54) is 16.4 Å². The maximum atomic E-state index is 13.0. The average molecular weight is 424 g/mol. The first kappa shape index (κ1) is 20.6. The van der Waals surface area contributed by atoms with E-state index < -0.39 is 14.9 Å². The maximum Gasteiger partial charge on any atom is 0.293 e. The first-order chi connectivity index (χ1) is 13.7. The molecule has 0 radical (unpaired) electrons. The van der Waals surface area contributed by atoms with Crippen molar-refractivity contribution in [3.8, 4) is 0 Å². The summed E-state index contributed by atoms with van der Waals surface area (Å²) in [6.07, 6.45) is 3.78. The SMILES string of the molecule is CN(c1ccc(S(=O)(=O)N2CCCCC2)cc1[N+](=O)[O-])C1C2CCOC2C1(C)C. The number of nitro groups is 1. The van der Waals surface area contributed by atoms with E-state index in [4.69, 9.17) is 4.74 Å². The van der Waals surface area contributed by atoms with Gasteiger partial charge in [0.15, 0.2) is 0 Å². The van der Waals surface area contributed by atoms with E-state index in [2.05, 4.69) is 13.8 Å². The number of sulfonamides is 1. The molecule has 3 unspecified atom stereocenters. The Hall–Kier alpha value is -1.71. The van der Waals surface area contributed by atoms with Gasteiger partial charge in [-0.05, 0) is 31.4 Å². The Bertz CT molecular complexity index is 911. The predicted molar refractivity (Wildman–Crippen MR) is 110 cm³/mol. The van der Waals surface area contributed by atoms with Crippen LogP contribution in [-0.2, 0) is 14.8 Å². The second-order valence-corrected chi connectivity index (χ2v) is 10.9. The first-order valence-electron chi connectivity index (χ1n) is 10.3. The molecule has 8 nitrogen and oxygen atoms in total. The largest absolute Gasteiger partial charge is 0.377 e. The Morgan fingerprint density at radius 1 is 1.24 bits per heavy atom. The Morgan fingerprint density at radius 2 is 1.93 bits per heavy atom. The molecule has 2 aliphatic heterocycles. The molecular formula is C20H29N3O5S. The first-order valence-corrected chi connectivity index (χ1v) is 11.7. The molecule has 0 amide bonds. The standard InChI is InChI=1S/C20H29N3O5S/c1-20(2)18(15-9-12-28-19(15)20)21(3)16-8-7-14(13-17(16)23(24)25)29(26,27)22-10-5-4-6-11-22/h7-8,13,15,18-19H,4-6,9-12H2,1-3H3. The van der Waals surface area contributed by atoms with Gasteiger partial charge in [0.1, 0.15) is 5.69 Å². The van der Waals surface area contributed by atoms with Gasteiger partial charge < -0.3 is 9.64 Å². The Kier molecular flexibility index (Phi) is 5.11. The van der Waals surface area contributed by atoms with E-state index in [1.54, 1.807) is 6.07 Å². The third-order valence-corrected chi connectivity index (χ3v) is 8.83. The number of rotatable bonds is 5. The lowest BCUT2D eigenvalue weighted by molar-refractivity contribution is -0.384. The minimum absolute atomic E-state index is 0.00167. The minimum atomic E-state index is -3.72. The summed E-state index contributed by atoms with van der Waals surface area (Å²) in [5.74, 6) is 0.339. The number of benzene rings is 1. The third-order valence-electron chi connectivity index (χ3n) is 6.93. The van der Waals surface area contributed by atoms with Crippen LogP contribution in [0.25, 0.3) is 0 Å². The van der Waals surface area contributed by atoms with Crippen LogP contribution in [-0.4, -0.2) is 56.5 Å². The molecule has 0 bridgehead atoms. The highest BCUT2D eigenvalue weighted by Crippen LogP contribution is 2.55. The smallest absolute Gasteiger partial charge is 0.293 e. The molecular weight excluding hydrogens is 394 g/mol. The van der Waals surface area contributed by atoms with Crippen LogP contribution >= 0.6 is 0 Å². The van der Waals surface area contributed by atoms with Crippen molar-refractivity contribution in [3.05, 3.63) is 28.3 Å².